The first-order valence-electron chi connectivity index (χ1n) is 5.27. The topological polar surface area (TPSA) is 100 Å². The Morgan fingerprint density at radius 1 is 1.53 bits per heavy atom. The molecule has 0 fully saturated rings. The summed E-state index contributed by atoms with van der Waals surface area (Å²) in [4.78, 5) is 13.3. The number of amides is 1. The fourth-order valence-corrected chi connectivity index (χ4v) is 1.10. The van der Waals surface area contributed by atoms with Gasteiger partial charge in [-0.15, -0.1) is 0 Å². The molecule has 0 bridgehead atoms. The van der Waals surface area contributed by atoms with Crippen LogP contribution in [0.15, 0.2) is 5.16 Å². The molecule has 17 heavy (non-hydrogen) atoms. The largest absolute Gasteiger partial charge is 0.444 e. The second-order valence-electron chi connectivity index (χ2n) is 4.99. The Morgan fingerprint density at radius 2 is 2.06 bits per heavy atom. The van der Waals surface area contributed by atoms with Crippen LogP contribution in [0.25, 0.3) is 0 Å². The van der Waals surface area contributed by atoms with Crippen molar-refractivity contribution in [3.63, 3.8) is 0 Å². The van der Waals surface area contributed by atoms with Crippen LogP contribution in [0, 0.1) is 0 Å². The SMILES string of the molecule is CN(C)CC(NC(=O)OC(C)(C)C)/C(N)=N/O. The summed E-state index contributed by atoms with van der Waals surface area (Å²) < 4.78 is 5.08. The second-order valence-corrected chi connectivity index (χ2v) is 4.99. The first-order chi connectivity index (χ1) is 7.65. The Kier molecular flexibility index (Phi) is 5.73. The van der Waals surface area contributed by atoms with Crippen LogP contribution in [-0.2, 0) is 4.74 Å². The quantitative estimate of drug-likeness (QED) is 0.284. The van der Waals surface area contributed by atoms with E-state index in [2.05, 4.69) is 10.5 Å². The van der Waals surface area contributed by atoms with Crippen LogP contribution in [0.3, 0.4) is 0 Å². The van der Waals surface area contributed by atoms with Crippen LogP contribution in [0.5, 0.6) is 0 Å². The number of oxime groups is 1. The number of carbonyl (C=O) groups excluding carboxylic acids is 1. The monoisotopic (exact) mass is 246 g/mol. The van der Waals surface area contributed by atoms with Crippen molar-refractivity contribution >= 4 is 11.9 Å². The number of amidine groups is 1. The number of hydrogen-bond acceptors (Lipinski definition) is 5. The van der Waals surface area contributed by atoms with Crippen LogP contribution in [0.1, 0.15) is 20.8 Å². The minimum absolute atomic E-state index is 0.0652. The molecule has 0 aromatic heterocycles. The molecule has 0 heterocycles. The summed E-state index contributed by atoms with van der Waals surface area (Å²) in [5.41, 5.74) is 4.90. The summed E-state index contributed by atoms with van der Waals surface area (Å²) in [6.07, 6.45) is -0.601. The highest BCUT2D eigenvalue weighted by Gasteiger charge is 2.22. The molecule has 4 N–H and O–H groups in total. The van der Waals surface area contributed by atoms with Crippen LogP contribution >= 0.6 is 0 Å². The van der Waals surface area contributed by atoms with Crippen LogP contribution in [0.2, 0.25) is 0 Å². The minimum Gasteiger partial charge on any atom is -0.444 e. The van der Waals surface area contributed by atoms with Crippen LogP contribution in [-0.4, -0.2) is 54.3 Å². The maximum Gasteiger partial charge on any atom is 0.408 e. The number of nitrogens with two attached hydrogens (primary N) is 1. The molecule has 1 unspecified atom stereocenters. The molecule has 0 rings (SSSR count). The number of nitrogens with zero attached hydrogens (tertiary/aromatic N) is 2. The molecule has 0 aliphatic carbocycles. The van der Waals surface area contributed by atoms with Crippen LogP contribution < -0.4 is 11.1 Å². The van der Waals surface area contributed by atoms with Crippen molar-refractivity contribution in [3.05, 3.63) is 0 Å². The molecule has 7 heteroatoms. The van der Waals surface area contributed by atoms with Gasteiger partial charge in [-0.1, -0.05) is 5.16 Å². The summed E-state index contributed by atoms with van der Waals surface area (Å²) >= 11 is 0. The van der Waals surface area contributed by atoms with Crippen molar-refractivity contribution in [2.45, 2.75) is 32.4 Å². The molecule has 0 aromatic carbocycles. The summed E-state index contributed by atoms with van der Waals surface area (Å²) in [6.45, 7) is 5.69. The molecule has 1 atom stereocenters. The predicted octanol–water partition coefficient (Wildman–Crippen LogP) is 0.188. The molecule has 0 aromatic rings. The molecular weight excluding hydrogens is 224 g/mol. The molecule has 1 amide bonds. The Hall–Kier alpha value is -1.50. The highest BCUT2D eigenvalue weighted by atomic mass is 16.6. The second kappa shape index (κ2) is 6.29. The highest BCUT2D eigenvalue weighted by molar-refractivity contribution is 5.88. The van der Waals surface area contributed by atoms with E-state index in [1.54, 1.807) is 25.7 Å². The standard InChI is InChI=1S/C10H22N4O3/c1-10(2,3)17-9(15)12-7(6-14(4)5)8(11)13-16/h7,16H,6H2,1-5H3,(H2,11,13)(H,12,15). The molecular formula is C10H22N4O3. The van der Waals surface area contributed by atoms with Gasteiger partial charge in [0.25, 0.3) is 0 Å². The van der Waals surface area contributed by atoms with Gasteiger partial charge in [-0.2, -0.15) is 0 Å². The van der Waals surface area contributed by atoms with Gasteiger partial charge >= 0.3 is 6.09 Å². The van der Waals surface area contributed by atoms with E-state index in [4.69, 9.17) is 15.7 Å². The van der Waals surface area contributed by atoms with Gasteiger partial charge in [-0.05, 0) is 34.9 Å². The van der Waals surface area contributed by atoms with Gasteiger partial charge in [0.2, 0.25) is 0 Å². The number of alkyl carbamates (subject to hydrolysis) is 1. The van der Waals surface area contributed by atoms with Crippen molar-refractivity contribution in [2.24, 2.45) is 10.9 Å². The fourth-order valence-electron chi connectivity index (χ4n) is 1.10. The summed E-state index contributed by atoms with van der Waals surface area (Å²) in [7, 11) is 3.63. The first-order valence-corrected chi connectivity index (χ1v) is 5.27. The molecule has 0 aliphatic heterocycles. The van der Waals surface area contributed by atoms with Crippen molar-refractivity contribution in [2.75, 3.05) is 20.6 Å². The zero-order valence-corrected chi connectivity index (χ0v) is 11.0. The Bertz CT molecular complexity index is 284. The molecule has 7 nitrogen and oxygen atoms in total. The third kappa shape index (κ3) is 7.40. The third-order valence-electron chi connectivity index (χ3n) is 1.71. The van der Waals surface area contributed by atoms with Gasteiger partial charge in [0.05, 0.1) is 0 Å². The van der Waals surface area contributed by atoms with Gasteiger partial charge in [-0.25, -0.2) is 4.79 Å². The number of likely N-dealkylation sites (N-methyl/N-ethyl adjacent to an activating group) is 1. The van der Waals surface area contributed by atoms with E-state index in [-0.39, 0.29) is 5.84 Å². The molecule has 0 radical (unpaired) electrons. The first kappa shape index (κ1) is 15.5. The predicted molar refractivity (Wildman–Crippen MR) is 65.1 cm³/mol. The molecule has 0 saturated carbocycles. The van der Waals surface area contributed by atoms with E-state index in [1.165, 1.54) is 0 Å². The number of ether oxygens (including phenoxy) is 1. The molecule has 0 aliphatic rings. The molecule has 0 saturated heterocycles. The third-order valence-corrected chi connectivity index (χ3v) is 1.71. The summed E-state index contributed by atoms with van der Waals surface area (Å²) in [6, 6.07) is -0.593. The van der Waals surface area contributed by atoms with Crippen LogP contribution in [0.4, 0.5) is 4.79 Å². The van der Waals surface area contributed by atoms with Gasteiger partial charge < -0.3 is 25.9 Å². The van der Waals surface area contributed by atoms with Crippen molar-refractivity contribution in [1.82, 2.24) is 10.2 Å². The maximum absolute atomic E-state index is 11.5. The number of hydrogen-bond donors (Lipinski definition) is 3. The van der Waals surface area contributed by atoms with E-state index < -0.39 is 17.7 Å². The Balaban J connectivity index is 4.49. The van der Waals surface area contributed by atoms with Crippen molar-refractivity contribution in [3.8, 4) is 0 Å². The average Bonchev–Trinajstić information content (AvgIpc) is 2.11. The number of nitrogens with one attached hydrogen (secondary N) is 1. The lowest BCUT2D eigenvalue weighted by Gasteiger charge is -2.24. The molecule has 100 valence electrons. The number of rotatable bonds is 4. The lowest BCUT2D eigenvalue weighted by molar-refractivity contribution is 0.0512. The van der Waals surface area contributed by atoms with Gasteiger partial charge in [-0.3, -0.25) is 0 Å². The fraction of sp³-hybridized carbons (Fsp3) is 0.800. The highest BCUT2D eigenvalue weighted by Crippen LogP contribution is 2.06. The van der Waals surface area contributed by atoms with E-state index in [9.17, 15) is 4.79 Å². The average molecular weight is 246 g/mol. The lowest BCUT2D eigenvalue weighted by atomic mass is 10.2. The lowest BCUT2D eigenvalue weighted by Crippen LogP contribution is -2.51. The summed E-state index contributed by atoms with van der Waals surface area (Å²) in [5, 5.41) is 14.0. The van der Waals surface area contributed by atoms with Gasteiger partial charge in [0.15, 0.2) is 5.84 Å². The van der Waals surface area contributed by atoms with E-state index in [0.29, 0.717) is 6.54 Å². The van der Waals surface area contributed by atoms with Gasteiger partial charge in [0.1, 0.15) is 11.6 Å². The zero-order chi connectivity index (χ0) is 13.6. The maximum atomic E-state index is 11.5. The van der Waals surface area contributed by atoms with E-state index in [1.807, 2.05) is 14.1 Å². The smallest absolute Gasteiger partial charge is 0.408 e. The Labute approximate surface area is 102 Å². The van der Waals surface area contributed by atoms with E-state index in [0.717, 1.165) is 0 Å². The number of carbonyl (C=O) groups is 1. The minimum atomic E-state index is -0.601. The summed E-state index contributed by atoms with van der Waals surface area (Å²) in [5.74, 6) is -0.0652. The Morgan fingerprint density at radius 3 is 2.41 bits per heavy atom. The zero-order valence-electron chi connectivity index (χ0n) is 11.0. The van der Waals surface area contributed by atoms with Crippen molar-refractivity contribution < 1.29 is 14.7 Å². The van der Waals surface area contributed by atoms with E-state index >= 15 is 0 Å². The van der Waals surface area contributed by atoms with Crippen molar-refractivity contribution in [1.29, 1.82) is 0 Å². The van der Waals surface area contributed by atoms with Gasteiger partial charge in [0, 0.05) is 6.54 Å². The normalized spacial score (nSPS) is 14.6. The molecule has 0 spiro atoms.